The Morgan fingerprint density at radius 1 is 1.22 bits per heavy atom. The number of likely N-dealkylation sites (N-methyl/N-ethyl adjacent to an activating group) is 1. The van der Waals surface area contributed by atoms with Crippen molar-refractivity contribution in [1.82, 2.24) is 9.80 Å². The van der Waals surface area contributed by atoms with Gasteiger partial charge in [0, 0.05) is 32.9 Å². The van der Waals surface area contributed by atoms with E-state index in [4.69, 9.17) is 0 Å². The van der Waals surface area contributed by atoms with Gasteiger partial charge >= 0.3 is 0 Å². The SMILES string of the molecule is CCC(=O)N1[C@H](CO)[C@@H](c2ccc(C3=CCCC3)cc2)[C@@H]1CN(C)C(C)=O. The number of aliphatic hydroxyl groups is 1. The third kappa shape index (κ3) is 3.79. The predicted octanol–water partition coefficient (Wildman–Crippen LogP) is 2.80. The van der Waals surface area contributed by atoms with Crippen LogP contribution in [0.1, 0.15) is 56.6 Å². The van der Waals surface area contributed by atoms with Crippen molar-refractivity contribution in [3.8, 4) is 0 Å². The summed E-state index contributed by atoms with van der Waals surface area (Å²) in [6.07, 6.45) is 6.21. The second-order valence-electron chi connectivity index (χ2n) is 7.64. The van der Waals surface area contributed by atoms with E-state index < -0.39 is 0 Å². The van der Waals surface area contributed by atoms with Crippen LogP contribution < -0.4 is 0 Å². The lowest BCUT2D eigenvalue weighted by Gasteiger charge is -2.55. The van der Waals surface area contributed by atoms with Gasteiger partial charge in [0.1, 0.15) is 0 Å². The van der Waals surface area contributed by atoms with Gasteiger partial charge < -0.3 is 14.9 Å². The Kier molecular flexibility index (Phi) is 6.00. The van der Waals surface area contributed by atoms with Crippen LogP contribution in [0.4, 0.5) is 0 Å². The quantitative estimate of drug-likeness (QED) is 0.838. The fraction of sp³-hybridized carbons (Fsp3) is 0.545. The second-order valence-corrected chi connectivity index (χ2v) is 7.64. The first kappa shape index (κ1) is 19.6. The average molecular weight is 370 g/mol. The molecule has 0 saturated carbocycles. The lowest BCUT2D eigenvalue weighted by atomic mass is 9.74. The number of carbonyl (C=O) groups is 2. The first-order chi connectivity index (χ1) is 13.0. The van der Waals surface area contributed by atoms with Crippen LogP contribution >= 0.6 is 0 Å². The molecule has 2 amide bonds. The standard InChI is InChI=1S/C22H30N2O3/c1-4-21(27)24-19(13-23(3)15(2)26)22(20(24)14-25)18-11-9-17(10-12-18)16-7-5-6-8-16/h7,9-12,19-20,22,25H,4-6,8,13-14H2,1-3H3/t19-,20+,22-/m0/s1. The zero-order valence-electron chi connectivity index (χ0n) is 16.5. The molecule has 1 heterocycles. The van der Waals surface area contributed by atoms with Crippen LogP contribution in [0.5, 0.6) is 0 Å². The molecule has 1 saturated heterocycles. The molecule has 27 heavy (non-hydrogen) atoms. The maximum absolute atomic E-state index is 12.4. The summed E-state index contributed by atoms with van der Waals surface area (Å²) in [6.45, 7) is 3.78. The summed E-state index contributed by atoms with van der Waals surface area (Å²) in [5, 5.41) is 9.94. The number of carbonyl (C=O) groups excluding carboxylic acids is 2. The molecule has 3 rings (SSSR count). The lowest BCUT2D eigenvalue weighted by molar-refractivity contribution is -0.153. The number of nitrogens with zero attached hydrogens (tertiary/aromatic N) is 2. The molecular formula is C22H30N2O3. The van der Waals surface area contributed by atoms with E-state index in [2.05, 4.69) is 30.3 Å². The summed E-state index contributed by atoms with van der Waals surface area (Å²) in [5.41, 5.74) is 3.79. The summed E-state index contributed by atoms with van der Waals surface area (Å²) < 4.78 is 0. The third-order valence-corrected chi connectivity index (χ3v) is 6.03. The van der Waals surface area contributed by atoms with E-state index in [9.17, 15) is 14.7 Å². The van der Waals surface area contributed by atoms with Gasteiger partial charge in [-0.15, -0.1) is 0 Å². The summed E-state index contributed by atoms with van der Waals surface area (Å²) in [5.74, 6) is 0.0486. The van der Waals surface area contributed by atoms with Crippen LogP contribution in [-0.2, 0) is 9.59 Å². The molecular weight excluding hydrogens is 340 g/mol. The van der Waals surface area contributed by atoms with E-state index in [0.29, 0.717) is 13.0 Å². The van der Waals surface area contributed by atoms with Crippen LogP contribution in [0.25, 0.3) is 5.57 Å². The Labute approximate surface area is 161 Å². The molecule has 0 bridgehead atoms. The Morgan fingerprint density at radius 2 is 1.93 bits per heavy atom. The van der Waals surface area contributed by atoms with Crippen molar-refractivity contribution in [2.75, 3.05) is 20.2 Å². The molecule has 0 radical (unpaired) electrons. The smallest absolute Gasteiger partial charge is 0.222 e. The topological polar surface area (TPSA) is 60.9 Å². The van der Waals surface area contributed by atoms with Crippen LogP contribution in [0, 0.1) is 0 Å². The van der Waals surface area contributed by atoms with Crippen molar-refractivity contribution in [1.29, 1.82) is 0 Å². The molecule has 3 atom stereocenters. The van der Waals surface area contributed by atoms with E-state index in [1.54, 1.807) is 16.8 Å². The predicted molar refractivity (Wildman–Crippen MR) is 106 cm³/mol. The normalized spacial score (nSPS) is 24.4. The van der Waals surface area contributed by atoms with E-state index in [0.717, 1.165) is 18.4 Å². The summed E-state index contributed by atoms with van der Waals surface area (Å²) in [4.78, 5) is 27.6. The minimum absolute atomic E-state index is 0.0198. The Balaban J connectivity index is 1.85. The molecule has 5 heteroatoms. The van der Waals surface area contributed by atoms with E-state index in [1.807, 2.05) is 6.92 Å². The van der Waals surface area contributed by atoms with Gasteiger partial charge in [-0.25, -0.2) is 0 Å². The number of benzene rings is 1. The molecule has 146 valence electrons. The molecule has 0 unspecified atom stereocenters. The zero-order chi connectivity index (χ0) is 19.6. The van der Waals surface area contributed by atoms with Gasteiger partial charge in [-0.05, 0) is 36.0 Å². The molecule has 0 aromatic heterocycles. The van der Waals surface area contributed by atoms with Crippen LogP contribution in [-0.4, -0.2) is 59.0 Å². The molecule has 5 nitrogen and oxygen atoms in total. The van der Waals surface area contributed by atoms with Crippen LogP contribution in [0.3, 0.4) is 0 Å². The van der Waals surface area contributed by atoms with Gasteiger partial charge in [-0.3, -0.25) is 9.59 Å². The second kappa shape index (κ2) is 8.26. The average Bonchev–Trinajstić information content (AvgIpc) is 3.19. The third-order valence-electron chi connectivity index (χ3n) is 6.03. The number of aliphatic hydroxyl groups excluding tert-OH is 1. The molecule has 1 N–H and O–H groups in total. The molecule has 1 aliphatic heterocycles. The number of allylic oxidation sites excluding steroid dienone is 2. The van der Waals surface area contributed by atoms with Gasteiger partial charge in [-0.2, -0.15) is 0 Å². The monoisotopic (exact) mass is 370 g/mol. The fourth-order valence-electron chi connectivity index (χ4n) is 4.41. The van der Waals surface area contributed by atoms with E-state index >= 15 is 0 Å². The number of rotatable bonds is 6. The largest absolute Gasteiger partial charge is 0.394 e. The van der Waals surface area contributed by atoms with Crippen molar-refractivity contribution >= 4 is 17.4 Å². The van der Waals surface area contributed by atoms with Crippen molar-refractivity contribution in [2.45, 2.75) is 57.5 Å². The van der Waals surface area contributed by atoms with Gasteiger partial charge in [0.2, 0.25) is 11.8 Å². The number of likely N-dealkylation sites (tertiary alicyclic amines) is 1. The molecule has 2 aliphatic rings. The highest BCUT2D eigenvalue weighted by atomic mass is 16.3. The van der Waals surface area contributed by atoms with Gasteiger partial charge in [0.25, 0.3) is 0 Å². The summed E-state index contributed by atoms with van der Waals surface area (Å²) in [6, 6.07) is 8.22. The van der Waals surface area contributed by atoms with Crippen molar-refractivity contribution in [3.05, 3.63) is 41.5 Å². The summed E-state index contributed by atoms with van der Waals surface area (Å²) >= 11 is 0. The Morgan fingerprint density at radius 3 is 2.44 bits per heavy atom. The van der Waals surface area contributed by atoms with Crippen molar-refractivity contribution in [3.63, 3.8) is 0 Å². The summed E-state index contributed by atoms with van der Waals surface area (Å²) in [7, 11) is 1.76. The van der Waals surface area contributed by atoms with Gasteiger partial charge in [0.15, 0.2) is 0 Å². The zero-order valence-corrected chi connectivity index (χ0v) is 16.5. The minimum Gasteiger partial charge on any atom is -0.394 e. The Hall–Kier alpha value is -2.14. The highest BCUT2D eigenvalue weighted by Crippen LogP contribution is 2.42. The van der Waals surface area contributed by atoms with E-state index in [1.165, 1.54) is 24.5 Å². The first-order valence-corrected chi connectivity index (χ1v) is 9.91. The fourth-order valence-corrected chi connectivity index (χ4v) is 4.41. The Bertz CT molecular complexity index is 726. The van der Waals surface area contributed by atoms with Crippen molar-refractivity contribution in [2.24, 2.45) is 0 Å². The number of hydrogen-bond donors (Lipinski definition) is 1. The molecule has 1 aromatic rings. The highest BCUT2D eigenvalue weighted by Gasteiger charge is 2.50. The first-order valence-electron chi connectivity index (χ1n) is 9.91. The molecule has 1 aromatic carbocycles. The van der Waals surface area contributed by atoms with Crippen LogP contribution in [0.15, 0.2) is 30.3 Å². The molecule has 1 aliphatic carbocycles. The van der Waals surface area contributed by atoms with Gasteiger partial charge in [0.05, 0.1) is 18.7 Å². The maximum atomic E-state index is 12.4. The maximum Gasteiger partial charge on any atom is 0.222 e. The van der Waals surface area contributed by atoms with Crippen molar-refractivity contribution < 1.29 is 14.7 Å². The highest BCUT2D eigenvalue weighted by molar-refractivity contribution is 5.79. The molecule has 0 spiro atoms. The van der Waals surface area contributed by atoms with Gasteiger partial charge in [-0.1, -0.05) is 37.3 Å². The van der Waals surface area contributed by atoms with E-state index in [-0.39, 0.29) is 36.4 Å². The molecule has 1 fully saturated rings. The lowest BCUT2D eigenvalue weighted by Crippen LogP contribution is -2.68. The number of amides is 2. The van der Waals surface area contributed by atoms with Crippen LogP contribution in [0.2, 0.25) is 0 Å². The minimum atomic E-state index is -0.223. The number of hydrogen-bond acceptors (Lipinski definition) is 3.